The van der Waals surface area contributed by atoms with Crippen molar-refractivity contribution in [3.05, 3.63) is 283 Å². The summed E-state index contributed by atoms with van der Waals surface area (Å²) >= 11 is 0. The van der Waals surface area contributed by atoms with E-state index in [0.29, 0.717) is 0 Å². The fraction of sp³-hybridized carbons (Fsp3) is 0.0154. The van der Waals surface area contributed by atoms with Crippen molar-refractivity contribution in [1.29, 1.82) is 0 Å². The van der Waals surface area contributed by atoms with Crippen LogP contribution in [-0.2, 0) is 5.41 Å². The first-order chi connectivity index (χ1) is 33.7. The van der Waals surface area contributed by atoms with E-state index in [1.807, 2.05) is 0 Å². The molecule has 0 amide bonds. The molecule has 0 radical (unpaired) electrons. The smallest absolute Gasteiger partial charge is 0.0754 e. The summed E-state index contributed by atoms with van der Waals surface area (Å²) < 4.78 is 2.38. The zero-order chi connectivity index (χ0) is 44.8. The number of para-hydroxylation sites is 4. The molecule has 14 rings (SSSR count). The van der Waals surface area contributed by atoms with Crippen molar-refractivity contribution >= 4 is 66.7 Å². The van der Waals surface area contributed by atoms with Gasteiger partial charge in [0.05, 0.1) is 27.8 Å². The van der Waals surface area contributed by atoms with Crippen molar-refractivity contribution in [1.82, 2.24) is 4.57 Å². The largest absolute Gasteiger partial charge is 0.310 e. The van der Waals surface area contributed by atoms with Gasteiger partial charge in [0.2, 0.25) is 0 Å². The highest BCUT2D eigenvalue weighted by atomic mass is 15.2. The number of fused-ring (bicyclic) bond motifs is 9. The fourth-order valence-corrected chi connectivity index (χ4v) is 11.7. The van der Waals surface area contributed by atoms with E-state index in [-0.39, 0.29) is 0 Å². The zero-order valence-electron chi connectivity index (χ0n) is 37.2. The predicted molar refractivity (Wildman–Crippen MR) is 284 cm³/mol. The molecule has 68 heavy (non-hydrogen) atoms. The molecule has 0 saturated heterocycles. The number of nitrogens with zero attached hydrogens (tertiary/aromatic N) is 3. The van der Waals surface area contributed by atoms with Gasteiger partial charge < -0.3 is 14.4 Å². The maximum absolute atomic E-state index is 2.48. The highest BCUT2D eigenvalue weighted by molar-refractivity contribution is 6.11. The maximum Gasteiger partial charge on any atom is 0.0754 e. The van der Waals surface area contributed by atoms with Gasteiger partial charge in [-0.2, -0.15) is 0 Å². The Morgan fingerprint density at radius 3 is 1.78 bits per heavy atom. The highest BCUT2D eigenvalue weighted by Crippen LogP contribution is 2.65. The van der Waals surface area contributed by atoms with Crippen LogP contribution in [0.1, 0.15) is 22.3 Å². The van der Waals surface area contributed by atoms with Crippen molar-refractivity contribution < 1.29 is 0 Å². The van der Waals surface area contributed by atoms with Crippen molar-refractivity contribution in [3.8, 4) is 27.9 Å². The predicted octanol–water partition coefficient (Wildman–Crippen LogP) is 17.2. The lowest BCUT2D eigenvalue weighted by atomic mass is 9.64. The summed E-state index contributed by atoms with van der Waals surface area (Å²) in [6.07, 6.45) is 0. The number of benzene rings is 11. The first kappa shape index (κ1) is 38.4. The molecule has 11 aromatic carbocycles. The fourth-order valence-electron chi connectivity index (χ4n) is 11.7. The molecule has 318 valence electrons. The molecular weight excluding hydrogens is 823 g/mol. The number of anilines is 6. The minimum Gasteiger partial charge on any atom is -0.310 e. The first-order valence-electron chi connectivity index (χ1n) is 23.5. The van der Waals surface area contributed by atoms with Crippen LogP contribution in [0.5, 0.6) is 0 Å². The van der Waals surface area contributed by atoms with Gasteiger partial charge in [0.25, 0.3) is 0 Å². The SMILES string of the molecule is c1ccc(N2c3ccccc3C3(c4ccccc4)c4cc(-c5ccc(N(c6ccc7ccccc7c6)c6ccc7c(c6)c6ccccc6n7-c6ccccc6)cc5)ccc4-c4cccc2c43)cc1. The van der Waals surface area contributed by atoms with Crippen LogP contribution < -0.4 is 9.80 Å². The molecule has 3 nitrogen and oxygen atoms in total. The Labute approximate surface area is 395 Å². The molecule has 2 aliphatic rings. The second-order valence-electron chi connectivity index (χ2n) is 18.1. The Morgan fingerprint density at radius 2 is 0.956 bits per heavy atom. The van der Waals surface area contributed by atoms with Crippen LogP contribution in [0.15, 0.2) is 261 Å². The van der Waals surface area contributed by atoms with E-state index in [9.17, 15) is 0 Å². The summed E-state index contributed by atoms with van der Waals surface area (Å²) in [6.45, 7) is 0. The molecule has 1 unspecified atom stereocenters. The summed E-state index contributed by atoms with van der Waals surface area (Å²) in [4.78, 5) is 4.87. The Morgan fingerprint density at radius 1 is 0.338 bits per heavy atom. The van der Waals surface area contributed by atoms with Gasteiger partial charge in [-0.05, 0) is 141 Å². The van der Waals surface area contributed by atoms with E-state index in [1.54, 1.807) is 0 Å². The third-order valence-electron chi connectivity index (χ3n) is 14.5. The molecule has 2 heterocycles. The molecule has 1 aromatic heterocycles. The normalized spacial score (nSPS) is 14.5. The second kappa shape index (κ2) is 15.1. The number of rotatable bonds is 7. The molecule has 1 aliphatic heterocycles. The molecule has 0 N–H and O–H groups in total. The van der Waals surface area contributed by atoms with Gasteiger partial charge in [-0.15, -0.1) is 0 Å². The van der Waals surface area contributed by atoms with E-state index in [0.717, 1.165) is 28.4 Å². The molecule has 0 saturated carbocycles. The Hall–Kier alpha value is -8.92. The monoisotopic (exact) mass is 865 g/mol. The van der Waals surface area contributed by atoms with Crippen LogP contribution in [0.3, 0.4) is 0 Å². The maximum atomic E-state index is 2.48. The van der Waals surface area contributed by atoms with Crippen LogP contribution >= 0.6 is 0 Å². The van der Waals surface area contributed by atoms with E-state index in [1.165, 1.54) is 88.5 Å². The molecule has 0 bridgehead atoms. The molecule has 1 aliphatic carbocycles. The van der Waals surface area contributed by atoms with Gasteiger partial charge in [0.15, 0.2) is 0 Å². The van der Waals surface area contributed by atoms with Crippen LogP contribution in [0.25, 0.3) is 60.5 Å². The van der Waals surface area contributed by atoms with E-state index in [2.05, 4.69) is 275 Å². The van der Waals surface area contributed by atoms with E-state index in [4.69, 9.17) is 0 Å². The van der Waals surface area contributed by atoms with Gasteiger partial charge in [-0.1, -0.05) is 170 Å². The van der Waals surface area contributed by atoms with Crippen molar-refractivity contribution in [2.45, 2.75) is 5.41 Å². The van der Waals surface area contributed by atoms with Gasteiger partial charge >= 0.3 is 0 Å². The number of hydrogen-bond acceptors (Lipinski definition) is 2. The Kier molecular flexibility index (Phi) is 8.50. The molecule has 0 fully saturated rings. The van der Waals surface area contributed by atoms with Gasteiger partial charge in [0, 0.05) is 44.8 Å². The Balaban J connectivity index is 0.928. The lowest BCUT2D eigenvalue weighted by Gasteiger charge is -2.44. The topological polar surface area (TPSA) is 11.4 Å². The van der Waals surface area contributed by atoms with Crippen molar-refractivity contribution in [3.63, 3.8) is 0 Å². The standard InChI is InChI=1S/C65H43N3/c1-4-19-48(20-5-1)65-58-27-13-15-29-62(58)68(50-23-8-3-9-24-50)63-30-16-26-56(64(63)65)54-39-34-47(42-59(54)65)45-31-35-51(36-32-45)66(52-37-33-44-17-10-11-18-46(44)41-52)53-38-40-61-57(43-53)55-25-12-14-28-60(55)67(61)49-21-6-2-7-22-49/h1-43H. The minimum atomic E-state index is -0.518. The average Bonchev–Trinajstić information content (AvgIpc) is 3.91. The lowest BCUT2D eigenvalue weighted by molar-refractivity contribution is 0.754. The summed E-state index contributed by atoms with van der Waals surface area (Å²) in [5, 5.41) is 4.88. The Bertz CT molecular complexity index is 3910. The van der Waals surface area contributed by atoms with Gasteiger partial charge in [-0.25, -0.2) is 0 Å². The van der Waals surface area contributed by atoms with Crippen LogP contribution in [0, 0.1) is 0 Å². The summed E-state index contributed by atoms with van der Waals surface area (Å²) in [7, 11) is 0. The third kappa shape index (κ3) is 5.60. The van der Waals surface area contributed by atoms with Gasteiger partial charge in [-0.3, -0.25) is 0 Å². The summed E-state index contributed by atoms with van der Waals surface area (Å²) in [6, 6.07) is 96.1. The molecule has 12 aromatic rings. The van der Waals surface area contributed by atoms with Crippen molar-refractivity contribution in [2.24, 2.45) is 0 Å². The van der Waals surface area contributed by atoms with Crippen LogP contribution in [0.4, 0.5) is 34.1 Å². The zero-order valence-corrected chi connectivity index (χ0v) is 37.2. The van der Waals surface area contributed by atoms with E-state index < -0.39 is 5.41 Å². The first-order valence-corrected chi connectivity index (χ1v) is 23.5. The number of aromatic nitrogens is 1. The molecule has 0 spiro atoms. The minimum absolute atomic E-state index is 0.518. The second-order valence-corrected chi connectivity index (χ2v) is 18.1. The van der Waals surface area contributed by atoms with Gasteiger partial charge in [0.1, 0.15) is 0 Å². The average molecular weight is 866 g/mol. The number of hydrogen-bond donors (Lipinski definition) is 0. The van der Waals surface area contributed by atoms with Crippen LogP contribution in [0.2, 0.25) is 0 Å². The summed E-state index contributed by atoms with van der Waals surface area (Å²) in [5.41, 5.74) is 20.0. The lowest BCUT2D eigenvalue weighted by Crippen LogP contribution is -2.35. The molecular formula is C65H43N3. The van der Waals surface area contributed by atoms with Crippen molar-refractivity contribution in [2.75, 3.05) is 9.80 Å². The van der Waals surface area contributed by atoms with Crippen LogP contribution in [-0.4, -0.2) is 4.57 Å². The molecule has 1 atom stereocenters. The molecule has 3 heteroatoms. The highest BCUT2D eigenvalue weighted by Gasteiger charge is 2.52. The summed E-state index contributed by atoms with van der Waals surface area (Å²) in [5.74, 6) is 0. The van der Waals surface area contributed by atoms with E-state index >= 15 is 0 Å². The quantitative estimate of drug-likeness (QED) is 0.158. The third-order valence-corrected chi connectivity index (χ3v) is 14.5.